The topological polar surface area (TPSA) is 202 Å². The standard InChI is InChI=1S/C13H16ClN5O9S3.Na.H/c1-28-18-9(6-4-29-13(15-6)16-8(20)3-14)11(21)17-10-7(5-30(2,23)24)19(12(10)22)31(25,26)27;;/h4,7,10H,3,5H2,1-2H3,(H,17,21)(H,15,16,20)(H,25,26,27);;/q;+1;-1/b18-9-;;. The Morgan fingerprint density at radius 1 is 1.41 bits per heavy atom. The number of β-lactam (4-membered cyclic amide) rings is 1. The third-order valence-corrected chi connectivity index (χ3v) is 6.59. The first kappa shape index (κ1) is 28.7. The molecule has 2 unspecified atom stereocenters. The summed E-state index contributed by atoms with van der Waals surface area (Å²) < 4.78 is 55.1. The van der Waals surface area contributed by atoms with Gasteiger partial charge >= 0.3 is 39.9 Å². The van der Waals surface area contributed by atoms with E-state index in [4.69, 9.17) is 16.2 Å². The third kappa shape index (κ3) is 7.08. The second kappa shape index (κ2) is 11.2. The van der Waals surface area contributed by atoms with Gasteiger partial charge in [0.25, 0.3) is 11.8 Å². The Morgan fingerprint density at radius 3 is 2.53 bits per heavy atom. The molecular weight excluding hydrogens is 525 g/mol. The van der Waals surface area contributed by atoms with Crippen LogP contribution in [0, 0.1) is 0 Å². The Morgan fingerprint density at radius 2 is 2.03 bits per heavy atom. The maximum atomic E-state index is 12.6. The minimum absolute atomic E-state index is 0. The van der Waals surface area contributed by atoms with E-state index in [0.29, 0.717) is 0 Å². The molecule has 0 aliphatic carbocycles. The number of thiazole rings is 1. The van der Waals surface area contributed by atoms with Crippen LogP contribution in [-0.4, -0.2) is 91.2 Å². The molecule has 32 heavy (non-hydrogen) atoms. The first-order chi connectivity index (χ1) is 14.3. The van der Waals surface area contributed by atoms with Crippen LogP contribution in [0.4, 0.5) is 5.13 Å². The van der Waals surface area contributed by atoms with Crippen LogP contribution >= 0.6 is 22.9 Å². The predicted octanol–water partition coefficient (Wildman–Crippen LogP) is -4.67. The second-order valence-electron chi connectivity index (χ2n) is 6.06. The number of anilines is 1. The van der Waals surface area contributed by atoms with Crippen LogP contribution in [0.5, 0.6) is 0 Å². The molecule has 0 saturated carbocycles. The zero-order valence-electron chi connectivity index (χ0n) is 17.8. The Kier molecular flexibility index (Phi) is 10.0. The van der Waals surface area contributed by atoms with Gasteiger partial charge in [-0.3, -0.25) is 18.9 Å². The number of alkyl halides is 1. The van der Waals surface area contributed by atoms with Crippen molar-refractivity contribution in [2.75, 3.05) is 30.3 Å². The molecule has 1 fully saturated rings. The van der Waals surface area contributed by atoms with E-state index in [-0.39, 0.29) is 52.0 Å². The molecular formula is C13H17ClN5NaO9S3. The fraction of sp³-hybridized carbons (Fsp3) is 0.462. The van der Waals surface area contributed by atoms with Crippen molar-refractivity contribution in [2.45, 2.75) is 12.1 Å². The summed E-state index contributed by atoms with van der Waals surface area (Å²) in [6, 6.07) is -3.15. The molecule has 174 valence electrons. The number of hydrogen-bond donors (Lipinski definition) is 3. The van der Waals surface area contributed by atoms with E-state index < -0.39 is 61.4 Å². The molecule has 0 spiro atoms. The third-order valence-electron chi connectivity index (χ3n) is 3.69. The maximum absolute atomic E-state index is 12.6. The van der Waals surface area contributed by atoms with Crippen LogP contribution in [0.25, 0.3) is 0 Å². The largest absolute Gasteiger partial charge is 1.00 e. The molecule has 0 aromatic carbocycles. The Labute approximate surface area is 215 Å². The molecule has 3 N–H and O–H groups in total. The van der Waals surface area contributed by atoms with Gasteiger partial charge in [0.05, 0.1) is 11.8 Å². The molecule has 19 heteroatoms. The molecule has 2 heterocycles. The van der Waals surface area contributed by atoms with Gasteiger partial charge in [-0.25, -0.2) is 17.7 Å². The number of carbonyl (C=O) groups excluding carboxylic acids is 3. The zero-order valence-corrected chi connectivity index (χ0v) is 22.0. The van der Waals surface area contributed by atoms with E-state index >= 15 is 0 Å². The van der Waals surface area contributed by atoms with Crippen molar-refractivity contribution >= 4 is 71.6 Å². The number of amides is 3. The van der Waals surface area contributed by atoms with Gasteiger partial charge in [0.1, 0.15) is 34.6 Å². The average molecular weight is 542 g/mol. The summed E-state index contributed by atoms with van der Waals surface area (Å²) in [6.45, 7) is 0. The van der Waals surface area contributed by atoms with Gasteiger partial charge in [0.2, 0.25) is 5.91 Å². The smallest absolute Gasteiger partial charge is 1.00 e. The summed E-state index contributed by atoms with van der Waals surface area (Å²) in [5.41, 5.74) is -0.506. The predicted molar refractivity (Wildman–Crippen MR) is 110 cm³/mol. The second-order valence-corrected chi connectivity index (χ2v) is 10.7. The molecule has 2 rings (SSSR count). The summed E-state index contributed by atoms with van der Waals surface area (Å²) in [6.07, 6.45) is 0.792. The number of nitrogens with zero attached hydrogens (tertiary/aromatic N) is 3. The van der Waals surface area contributed by atoms with Crippen LogP contribution < -0.4 is 40.2 Å². The number of rotatable bonds is 9. The van der Waals surface area contributed by atoms with Gasteiger partial charge < -0.3 is 16.9 Å². The number of oxime groups is 1. The molecule has 0 bridgehead atoms. The van der Waals surface area contributed by atoms with Crippen molar-refractivity contribution in [1.29, 1.82) is 0 Å². The minimum atomic E-state index is -5.05. The number of aromatic nitrogens is 1. The number of hydrogen-bond acceptors (Lipinski definition) is 11. The van der Waals surface area contributed by atoms with E-state index in [2.05, 4.69) is 25.6 Å². The molecule has 2 atom stereocenters. The number of carbonyl (C=O) groups is 3. The molecule has 1 aromatic rings. The van der Waals surface area contributed by atoms with Gasteiger partial charge in [0.15, 0.2) is 10.8 Å². The van der Waals surface area contributed by atoms with Crippen LogP contribution in [0.15, 0.2) is 10.5 Å². The number of nitrogens with one attached hydrogen (secondary N) is 2. The van der Waals surface area contributed by atoms with Crippen molar-refractivity contribution < 1.29 is 71.6 Å². The SMILES string of the molecule is CO/N=C(\C(=O)NC1C(=O)N(S(=O)(=O)O)C1CS(C)(=O)=O)c1csc(NC(=O)CCl)n1.[H-].[Na+]. The Balaban J connectivity index is 0.00000512. The molecule has 1 aliphatic rings. The zero-order chi connectivity index (χ0) is 23.6. The summed E-state index contributed by atoms with van der Waals surface area (Å²) in [5.74, 6) is -4.01. The van der Waals surface area contributed by atoms with Crippen LogP contribution in [0.3, 0.4) is 0 Å². The van der Waals surface area contributed by atoms with Crippen LogP contribution in [-0.2, 0) is 39.4 Å². The Bertz CT molecular complexity index is 1140. The van der Waals surface area contributed by atoms with Crippen molar-refractivity contribution in [1.82, 2.24) is 14.6 Å². The maximum Gasteiger partial charge on any atom is 1.00 e. The average Bonchev–Trinajstić information content (AvgIpc) is 3.09. The van der Waals surface area contributed by atoms with Gasteiger partial charge in [-0.1, -0.05) is 5.16 Å². The summed E-state index contributed by atoms with van der Waals surface area (Å²) in [5, 5.41) is 9.45. The van der Waals surface area contributed by atoms with Crippen molar-refractivity contribution in [3.8, 4) is 0 Å². The first-order valence-corrected chi connectivity index (χ1v) is 12.9. The van der Waals surface area contributed by atoms with E-state index in [1.807, 2.05) is 0 Å². The quantitative estimate of drug-likeness (QED) is 0.0681. The number of sulfone groups is 1. The summed E-state index contributed by atoms with van der Waals surface area (Å²) >= 11 is 6.32. The van der Waals surface area contributed by atoms with E-state index in [0.717, 1.165) is 24.7 Å². The van der Waals surface area contributed by atoms with Crippen molar-refractivity contribution in [3.63, 3.8) is 0 Å². The van der Waals surface area contributed by atoms with E-state index in [1.54, 1.807) is 0 Å². The summed E-state index contributed by atoms with van der Waals surface area (Å²) in [4.78, 5) is 44.7. The van der Waals surface area contributed by atoms with Crippen molar-refractivity contribution in [3.05, 3.63) is 11.1 Å². The van der Waals surface area contributed by atoms with E-state index in [9.17, 15) is 31.2 Å². The number of halogens is 1. The van der Waals surface area contributed by atoms with Gasteiger partial charge in [-0.05, 0) is 0 Å². The minimum Gasteiger partial charge on any atom is -1.00 e. The molecule has 0 radical (unpaired) electrons. The molecule has 1 aromatic heterocycles. The first-order valence-electron chi connectivity index (χ1n) is 8.00. The van der Waals surface area contributed by atoms with E-state index in [1.165, 1.54) is 5.38 Å². The van der Waals surface area contributed by atoms with Gasteiger partial charge in [0, 0.05) is 11.6 Å². The van der Waals surface area contributed by atoms with Crippen molar-refractivity contribution in [2.24, 2.45) is 5.16 Å². The normalized spacial score (nSPS) is 18.9. The molecule has 1 aliphatic heterocycles. The molecule has 1 saturated heterocycles. The summed E-state index contributed by atoms with van der Waals surface area (Å²) in [7, 11) is -7.73. The monoisotopic (exact) mass is 541 g/mol. The fourth-order valence-corrected chi connectivity index (χ4v) is 5.25. The fourth-order valence-electron chi connectivity index (χ4n) is 2.53. The molecule has 14 nitrogen and oxygen atoms in total. The van der Waals surface area contributed by atoms with Crippen LogP contribution in [0.2, 0.25) is 0 Å². The van der Waals surface area contributed by atoms with Gasteiger partial charge in [-0.2, -0.15) is 8.42 Å². The van der Waals surface area contributed by atoms with Crippen LogP contribution in [0.1, 0.15) is 7.12 Å². The van der Waals surface area contributed by atoms with Gasteiger partial charge in [-0.15, -0.1) is 22.9 Å². The Hall–Kier alpha value is -1.34. The molecule has 3 amide bonds.